The zero-order valence-corrected chi connectivity index (χ0v) is 14.3. The van der Waals surface area contributed by atoms with E-state index in [4.69, 9.17) is 4.74 Å². The molecular weight excluding hydrogens is 312 g/mol. The molecule has 1 fully saturated rings. The number of aryl methyl sites for hydroxylation is 1. The standard InChI is InChI=1S/C17H24N2O3S/c1-22-16(20)11-5-7-12(8-6-11)18-17(21)19-14-3-2-4-15-13(14)9-10-23-15/h9-12,14H,2-8H2,1H3,(H2,18,19,21)/t11?,12?,14-/m1/s1. The van der Waals surface area contributed by atoms with Crippen LogP contribution < -0.4 is 10.6 Å². The summed E-state index contributed by atoms with van der Waals surface area (Å²) >= 11 is 1.78. The monoisotopic (exact) mass is 336 g/mol. The summed E-state index contributed by atoms with van der Waals surface area (Å²) in [5.41, 5.74) is 1.28. The number of amides is 2. The number of methoxy groups -OCH3 is 1. The van der Waals surface area contributed by atoms with E-state index < -0.39 is 0 Å². The summed E-state index contributed by atoms with van der Waals surface area (Å²) < 4.78 is 4.79. The number of carbonyl (C=O) groups is 2. The molecule has 0 saturated heterocycles. The molecule has 1 atom stereocenters. The SMILES string of the molecule is COC(=O)C1CCC(NC(=O)N[C@@H]2CCCc3sccc32)CC1. The number of thiophene rings is 1. The Morgan fingerprint density at radius 3 is 2.70 bits per heavy atom. The van der Waals surface area contributed by atoms with Gasteiger partial charge in [0.2, 0.25) is 0 Å². The summed E-state index contributed by atoms with van der Waals surface area (Å²) in [5, 5.41) is 8.29. The van der Waals surface area contributed by atoms with Gasteiger partial charge in [0, 0.05) is 10.9 Å². The van der Waals surface area contributed by atoms with Crippen LogP contribution in [0.3, 0.4) is 0 Å². The van der Waals surface area contributed by atoms with E-state index in [-0.39, 0.29) is 30.0 Å². The second-order valence-corrected chi connectivity index (χ2v) is 7.43. The minimum absolute atomic E-state index is 0.00665. The fraction of sp³-hybridized carbons (Fsp3) is 0.647. The van der Waals surface area contributed by atoms with Crippen molar-refractivity contribution < 1.29 is 14.3 Å². The maximum absolute atomic E-state index is 12.3. The molecule has 0 radical (unpaired) electrons. The van der Waals surface area contributed by atoms with Crippen LogP contribution in [-0.4, -0.2) is 25.2 Å². The van der Waals surface area contributed by atoms with E-state index in [1.165, 1.54) is 17.6 Å². The molecule has 0 unspecified atom stereocenters. The quantitative estimate of drug-likeness (QED) is 0.833. The maximum atomic E-state index is 12.3. The van der Waals surface area contributed by atoms with Gasteiger partial charge in [-0.05, 0) is 62.0 Å². The first kappa shape index (κ1) is 16.3. The third-order valence-corrected chi connectivity index (χ3v) is 5.95. The molecule has 0 spiro atoms. The average molecular weight is 336 g/mol. The molecule has 3 rings (SSSR count). The second-order valence-electron chi connectivity index (χ2n) is 6.43. The van der Waals surface area contributed by atoms with Crippen molar-refractivity contribution >= 4 is 23.3 Å². The third-order valence-electron chi connectivity index (χ3n) is 4.95. The highest BCUT2D eigenvalue weighted by Gasteiger charge is 2.28. The summed E-state index contributed by atoms with van der Waals surface area (Å²) in [7, 11) is 1.43. The number of nitrogens with one attached hydrogen (secondary N) is 2. The molecule has 6 heteroatoms. The van der Waals surface area contributed by atoms with Gasteiger partial charge in [0.05, 0.1) is 19.1 Å². The first-order chi connectivity index (χ1) is 11.2. The lowest BCUT2D eigenvalue weighted by Crippen LogP contribution is -2.45. The second kappa shape index (κ2) is 7.34. The minimum Gasteiger partial charge on any atom is -0.469 e. The fourth-order valence-corrected chi connectivity index (χ4v) is 4.65. The van der Waals surface area contributed by atoms with Crippen LogP contribution in [0.1, 0.15) is 55.0 Å². The van der Waals surface area contributed by atoms with E-state index in [0.29, 0.717) is 0 Å². The smallest absolute Gasteiger partial charge is 0.315 e. The first-order valence-corrected chi connectivity index (χ1v) is 9.26. The van der Waals surface area contributed by atoms with Crippen molar-refractivity contribution in [1.29, 1.82) is 0 Å². The number of rotatable bonds is 3. The number of hydrogen-bond donors (Lipinski definition) is 2. The molecule has 0 bridgehead atoms. The van der Waals surface area contributed by atoms with E-state index in [1.807, 2.05) is 0 Å². The summed E-state index contributed by atoms with van der Waals surface area (Å²) in [6.45, 7) is 0. The number of urea groups is 1. The van der Waals surface area contributed by atoms with Gasteiger partial charge in [0.1, 0.15) is 0 Å². The van der Waals surface area contributed by atoms with Crippen LogP contribution in [0.4, 0.5) is 4.79 Å². The lowest BCUT2D eigenvalue weighted by atomic mass is 9.86. The molecular formula is C17H24N2O3S. The molecule has 2 amide bonds. The van der Waals surface area contributed by atoms with Crippen molar-refractivity contribution in [3.05, 3.63) is 21.9 Å². The predicted molar refractivity (Wildman–Crippen MR) is 89.4 cm³/mol. The van der Waals surface area contributed by atoms with E-state index in [0.717, 1.165) is 44.9 Å². The Balaban J connectivity index is 1.47. The lowest BCUT2D eigenvalue weighted by Gasteiger charge is -2.29. The van der Waals surface area contributed by atoms with E-state index in [2.05, 4.69) is 22.1 Å². The van der Waals surface area contributed by atoms with Crippen molar-refractivity contribution in [2.75, 3.05) is 7.11 Å². The molecule has 0 aliphatic heterocycles. The molecule has 126 valence electrons. The van der Waals surface area contributed by atoms with Gasteiger partial charge in [0.25, 0.3) is 0 Å². The van der Waals surface area contributed by atoms with Crippen molar-refractivity contribution in [1.82, 2.24) is 10.6 Å². The van der Waals surface area contributed by atoms with Crippen LogP contribution in [0.15, 0.2) is 11.4 Å². The number of fused-ring (bicyclic) bond motifs is 1. The van der Waals surface area contributed by atoms with Crippen LogP contribution in [-0.2, 0) is 16.0 Å². The lowest BCUT2D eigenvalue weighted by molar-refractivity contribution is -0.146. The summed E-state index contributed by atoms with van der Waals surface area (Å²) in [5.74, 6) is -0.132. The topological polar surface area (TPSA) is 67.4 Å². The number of esters is 1. The highest BCUT2D eigenvalue weighted by molar-refractivity contribution is 7.10. The molecule has 2 aliphatic carbocycles. The zero-order chi connectivity index (χ0) is 16.2. The van der Waals surface area contributed by atoms with Crippen molar-refractivity contribution in [3.8, 4) is 0 Å². The molecule has 23 heavy (non-hydrogen) atoms. The predicted octanol–water partition coefficient (Wildman–Crippen LogP) is 3.16. The Morgan fingerprint density at radius 2 is 1.96 bits per heavy atom. The Kier molecular flexibility index (Phi) is 5.20. The van der Waals surface area contributed by atoms with Crippen molar-refractivity contribution in [3.63, 3.8) is 0 Å². The minimum atomic E-state index is -0.125. The summed E-state index contributed by atoms with van der Waals surface area (Å²) in [6.07, 6.45) is 6.51. The molecule has 1 aromatic heterocycles. The molecule has 0 aromatic carbocycles. The van der Waals surface area contributed by atoms with Gasteiger partial charge < -0.3 is 15.4 Å². The zero-order valence-electron chi connectivity index (χ0n) is 13.5. The van der Waals surface area contributed by atoms with E-state index in [1.54, 1.807) is 11.3 Å². The van der Waals surface area contributed by atoms with Crippen molar-refractivity contribution in [2.24, 2.45) is 5.92 Å². The summed E-state index contributed by atoms with van der Waals surface area (Å²) in [6, 6.07) is 2.33. The van der Waals surface area contributed by atoms with Gasteiger partial charge in [0.15, 0.2) is 0 Å². The van der Waals surface area contributed by atoms with Crippen LogP contribution in [0.2, 0.25) is 0 Å². The number of hydrogen-bond acceptors (Lipinski definition) is 4. The van der Waals surface area contributed by atoms with Gasteiger partial charge in [-0.3, -0.25) is 4.79 Å². The van der Waals surface area contributed by atoms with Crippen molar-refractivity contribution in [2.45, 2.75) is 57.0 Å². The first-order valence-electron chi connectivity index (χ1n) is 8.38. The highest BCUT2D eigenvalue weighted by atomic mass is 32.1. The largest absolute Gasteiger partial charge is 0.469 e. The number of ether oxygens (including phenoxy) is 1. The number of carbonyl (C=O) groups excluding carboxylic acids is 2. The maximum Gasteiger partial charge on any atom is 0.315 e. The van der Waals surface area contributed by atoms with Gasteiger partial charge in [-0.2, -0.15) is 0 Å². The molecule has 1 aromatic rings. The highest BCUT2D eigenvalue weighted by Crippen LogP contribution is 2.33. The van der Waals surface area contributed by atoms with E-state index in [9.17, 15) is 9.59 Å². The molecule has 1 heterocycles. The van der Waals surface area contributed by atoms with Gasteiger partial charge in [-0.15, -0.1) is 11.3 Å². The van der Waals surface area contributed by atoms with Gasteiger partial charge in [-0.25, -0.2) is 4.79 Å². The molecule has 2 N–H and O–H groups in total. The molecule has 1 saturated carbocycles. The fourth-order valence-electron chi connectivity index (χ4n) is 3.66. The van der Waals surface area contributed by atoms with Crippen LogP contribution >= 0.6 is 11.3 Å². The van der Waals surface area contributed by atoms with Crippen LogP contribution in [0.25, 0.3) is 0 Å². The molecule has 2 aliphatic rings. The summed E-state index contributed by atoms with van der Waals surface area (Å²) in [4.78, 5) is 25.2. The Morgan fingerprint density at radius 1 is 1.17 bits per heavy atom. The average Bonchev–Trinajstić information content (AvgIpc) is 3.04. The van der Waals surface area contributed by atoms with Gasteiger partial charge >= 0.3 is 12.0 Å². The Hall–Kier alpha value is -1.56. The Bertz CT molecular complexity index is 564. The third kappa shape index (κ3) is 3.86. The normalized spacial score (nSPS) is 26.9. The van der Waals surface area contributed by atoms with Crippen LogP contribution in [0.5, 0.6) is 0 Å². The molecule has 5 nitrogen and oxygen atoms in total. The van der Waals surface area contributed by atoms with E-state index >= 15 is 0 Å². The van der Waals surface area contributed by atoms with Crippen LogP contribution in [0, 0.1) is 5.92 Å². The van der Waals surface area contributed by atoms with Gasteiger partial charge in [-0.1, -0.05) is 0 Å². The Labute approximate surface area is 140 Å².